The van der Waals surface area contributed by atoms with Crippen LogP contribution in [0, 0.1) is 11.3 Å². The Morgan fingerprint density at radius 1 is 1.27 bits per heavy atom. The summed E-state index contributed by atoms with van der Waals surface area (Å²) in [5.74, 6) is -0.390. The molecule has 11 heteroatoms. The minimum Gasteiger partial charge on any atom is -0.406 e. The molecule has 1 atom stereocenters. The summed E-state index contributed by atoms with van der Waals surface area (Å²) >= 11 is 3.39. The molecule has 0 aliphatic carbocycles. The van der Waals surface area contributed by atoms with Crippen molar-refractivity contribution in [3.05, 3.63) is 70.3 Å². The summed E-state index contributed by atoms with van der Waals surface area (Å²) in [7, 11) is 1.79. The number of hydrogen-bond donors (Lipinski definition) is 1. The van der Waals surface area contributed by atoms with Crippen molar-refractivity contribution >= 4 is 33.4 Å². The maximum absolute atomic E-state index is 12.8. The molecule has 2 aromatic carbocycles. The van der Waals surface area contributed by atoms with Gasteiger partial charge in [0.1, 0.15) is 5.75 Å². The molecule has 0 spiro atoms. The van der Waals surface area contributed by atoms with E-state index in [9.17, 15) is 18.0 Å². The number of benzene rings is 2. The SMILES string of the molecule is C/C(C#N)=C\N(C)C1CN(C(=O)Nc2ccc(OC(F)(F)F)cc2)N=C1c1ccc(Br)cc1. The Bertz CT molecular complexity index is 1110. The second-order valence-corrected chi connectivity index (χ2v) is 8.10. The van der Waals surface area contributed by atoms with Gasteiger partial charge in [0.15, 0.2) is 0 Å². The first-order valence-corrected chi connectivity index (χ1v) is 10.4. The van der Waals surface area contributed by atoms with Crippen LogP contribution in [-0.4, -0.2) is 47.6 Å². The van der Waals surface area contributed by atoms with E-state index >= 15 is 0 Å². The lowest BCUT2D eigenvalue weighted by atomic mass is 10.0. The van der Waals surface area contributed by atoms with Crippen molar-refractivity contribution in [3.63, 3.8) is 0 Å². The lowest BCUT2D eigenvalue weighted by Gasteiger charge is -2.24. The lowest BCUT2D eigenvalue weighted by molar-refractivity contribution is -0.274. The number of nitriles is 1. The van der Waals surface area contributed by atoms with Gasteiger partial charge < -0.3 is 15.0 Å². The van der Waals surface area contributed by atoms with E-state index in [1.54, 1.807) is 20.2 Å². The largest absolute Gasteiger partial charge is 0.573 e. The van der Waals surface area contributed by atoms with E-state index in [0.29, 0.717) is 11.3 Å². The molecular formula is C22H19BrF3N5O2. The second-order valence-electron chi connectivity index (χ2n) is 7.18. The van der Waals surface area contributed by atoms with Crippen molar-refractivity contribution in [1.29, 1.82) is 5.26 Å². The number of nitrogens with one attached hydrogen (secondary N) is 1. The highest BCUT2D eigenvalue weighted by Crippen LogP contribution is 2.25. The molecule has 0 saturated carbocycles. The zero-order valence-electron chi connectivity index (χ0n) is 17.6. The molecule has 1 heterocycles. The Balaban J connectivity index is 1.80. The monoisotopic (exact) mass is 521 g/mol. The van der Waals surface area contributed by atoms with Crippen molar-refractivity contribution < 1.29 is 22.7 Å². The minimum absolute atomic E-state index is 0.207. The van der Waals surface area contributed by atoms with E-state index in [0.717, 1.165) is 22.2 Å². The predicted molar refractivity (Wildman–Crippen MR) is 120 cm³/mol. The quantitative estimate of drug-likeness (QED) is 0.539. The third-order valence-electron chi connectivity index (χ3n) is 4.67. The molecule has 7 nitrogen and oxygen atoms in total. The van der Waals surface area contributed by atoms with Gasteiger partial charge in [-0.15, -0.1) is 13.2 Å². The van der Waals surface area contributed by atoms with Gasteiger partial charge in [0.05, 0.1) is 24.4 Å². The number of hydrazone groups is 1. The highest BCUT2D eigenvalue weighted by atomic mass is 79.9. The highest BCUT2D eigenvalue weighted by Gasteiger charge is 2.33. The van der Waals surface area contributed by atoms with Gasteiger partial charge >= 0.3 is 12.4 Å². The number of carbonyl (C=O) groups excluding carboxylic acids is 1. The van der Waals surface area contributed by atoms with Crippen LogP contribution in [0.5, 0.6) is 5.75 Å². The molecule has 2 aromatic rings. The van der Waals surface area contributed by atoms with Crippen LogP contribution in [-0.2, 0) is 0 Å². The average Bonchev–Trinajstić information content (AvgIpc) is 3.20. The minimum atomic E-state index is -4.79. The van der Waals surface area contributed by atoms with Gasteiger partial charge in [0.2, 0.25) is 0 Å². The summed E-state index contributed by atoms with van der Waals surface area (Å²) in [5, 5.41) is 17.4. The number of halogens is 4. The molecule has 1 unspecified atom stereocenters. The molecule has 0 fully saturated rings. The molecule has 1 aliphatic heterocycles. The Kier molecular flexibility index (Phi) is 7.28. The highest BCUT2D eigenvalue weighted by molar-refractivity contribution is 9.10. The van der Waals surface area contributed by atoms with Gasteiger partial charge in [-0.1, -0.05) is 28.1 Å². The first-order chi connectivity index (χ1) is 15.6. The third kappa shape index (κ3) is 6.49. The molecule has 1 N–H and O–H groups in total. The van der Waals surface area contributed by atoms with Crippen LogP contribution in [0.2, 0.25) is 0 Å². The van der Waals surface area contributed by atoms with E-state index in [2.05, 4.69) is 37.2 Å². The van der Waals surface area contributed by atoms with Crippen LogP contribution in [0.15, 0.2) is 69.9 Å². The molecule has 172 valence electrons. The van der Waals surface area contributed by atoms with Crippen LogP contribution < -0.4 is 10.1 Å². The van der Waals surface area contributed by atoms with Crippen molar-refractivity contribution in [2.75, 3.05) is 18.9 Å². The van der Waals surface area contributed by atoms with Gasteiger partial charge in [-0.3, -0.25) is 0 Å². The van der Waals surface area contributed by atoms with Gasteiger partial charge in [-0.05, 0) is 43.3 Å². The van der Waals surface area contributed by atoms with E-state index < -0.39 is 18.1 Å². The molecule has 0 bridgehead atoms. The zero-order valence-corrected chi connectivity index (χ0v) is 19.2. The van der Waals surface area contributed by atoms with Crippen molar-refractivity contribution in [2.24, 2.45) is 5.10 Å². The summed E-state index contributed by atoms with van der Waals surface area (Å²) in [6.07, 6.45) is -3.11. The number of nitrogens with zero attached hydrogens (tertiary/aromatic N) is 4. The van der Waals surface area contributed by atoms with Gasteiger partial charge in [-0.2, -0.15) is 10.4 Å². The van der Waals surface area contributed by atoms with Crippen LogP contribution in [0.4, 0.5) is 23.7 Å². The van der Waals surface area contributed by atoms with E-state index in [-0.39, 0.29) is 18.3 Å². The van der Waals surface area contributed by atoms with Crippen LogP contribution in [0.1, 0.15) is 12.5 Å². The standard InChI is InChI=1S/C22H19BrF3N5O2/c1-14(11-27)12-30(2)19-13-31(29-20(19)15-3-5-16(23)6-4-15)21(32)28-17-7-9-18(10-8-17)33-22(24,25)26/h3-10,12,19H,13H2,1-2H3,(H,28,32)/b14-12+. The van der Waals surface area contributed by atoms with Gasteiger partial charge in [-0.25, -0.2) is 9.80 Å². The fourth-order valence-electron chi connectivity index (χ4n) is 3.16. The molecule has 1 aliphatic rings. The number of urea groups is 1. The molecule has 2 amide bonds. The number of likely N-dealkylation sites (N-methyl/N-ethyl adjacent to an activating group) is 1. The second kappa shape index (κ2) is 9.95. The smallest absolute Gasteiger partial charge is 0.406 e. The van der Waals surface area contributed by atoms with Crippen LogP contribution >= 0.6 is 15.9 Å². The summed E-state index contributed by atoms with van der Waals surface area (Å²) < 4.78 is 41.7. The van der Waals surface area contributed by atoms with E-state index in [1.807, 2.05) is 29.2 Å². The predicted octanol–water partition coefficient (Wildman–Crippen LogP) is 5.33. The fourth-order valence-corrected chi connectivity index (χ4v) is 3.43. The van der Waals surface area contributed by atoms with Crippen molar-refractivity contribution in [1.82, 2.24) is 9.91 Å². The summed E-state index contributed by atoms with van der Waals surface area (Å²) in [6, 6.07) is 13.5. The summed E-state index contributed by atoms with van der Waals surface area (Å²) in [4.78, 5) is 14.6. The van der Waals surface area contributed by atoms with Gasteiger partial charge in [0.25, 0.3) is 0 Å². The Morgan fingerprint density at radius 2 is 1.91 bits per heavy atom. The molecule has 0 radical (unpaired) electrons. The van der Waals surface area contributed by atoms with Crippen molar-refractivity contribution in [2.45, 2.75) is 19.3 Å². The number of carbonyl (C=O) groups is 1. The summed E-state index contributed by atoms with van der Waals surface area (Å²) in [5.41, 5.74) is 2.22. The third-order valence-corrected chi connectivity index (χ3v) is 5.20. The fraction of sp³-hybridized carbons (Fsp3) is 0.227. The topological polar surface area (TPSA) is 81.0 Å². The van der Waals surface area contributed by atoms with E-state index in [4.69, 9.17) is 5.26 Å². The maximum Gasteiger partial charge on any atom is 0.573 e. The van der Waals surface area contributed by atoms with Gasteiger partial charge in [0, 0.05) is 34.5 Å². The van der Waals surface area contributed by atoms with Crippen LogP contribution in [0.25, 0.3) is 0 Å². The first kappa shape index (κ1) is 24.1. The first-order valence-electron chi connectivity index (χ1n) is 9.65. The Hall–Kier alpha value is -3.52. The Labute approximate surface area is 196 Å². The van der Waals surface area contributed by atoms with Crippen LogP contribution in [0.3, 0.4) is 0 Å². The number of anilines is 1. The average molecular weight is 522 g/mol. The number of allylic oxidation sites excluding steroid dienone is 1. The maximum atomic E-state index is 12.8. The Morgan fingerprint density at radius 3 is 2.48 bits per heavy atom. The molecule has 0 saturated heterocycles. The zero-order chi connectivity index (χ0) is 24.2. The molecule has 33 heavy (non-hydrogen) atoms. The summed E-state index contributed by atoms with van der Waals surface area (Å²) in [6.45, 7) is 1.89. The molecule has 0 aromatic heterocycles. The number of amides is 2. The molecule has 3 rings (SSSR count). The number of rotatable bonds is 5. The number of alkyl halides is 3. The van der Waals surface area contributed by atoms with E-state index in [1.165, 1.54) is 17.1 Å². The normalized spacial score (nSPS) is 16.2. The van der Waals surface area contributed by atoms with Crippen molar-refractivity contribution in [3.8, 4) is 11.8 Å². The lowest BCUT2D eigenvalue weighted by Crippen LogP contribution is -2.40. The number of hydrogen-bond acceptors (Lipinski definition) is 5. The molecular weight excluding hydrogens is 503 g/mol. The number of ether oxygens (including phenoxy) is 1.